The van der Waals surface area contributed by atoms with E-state index in [2.05, 4.69) is 12.1 Å². The number of nitrogens with zero attached hydrogens (tertiary/aromatic N) is 1. The van der Waals surface area contributed by atoms with E-state index in [0.29, 0.717) is 17.2 Å². The molecule has 3 fully saturated rings. The first-order valence-corrected chi connectivity index (χ1v) is 12.8. The monoisotopic (exact) mass is 493 g/mol. The van der Waals surface area contributed by atoms with Crippen LogP contribution in [0.1, 0.15) is 52.0 Å². The molecule has 1 aliphatic heterocycles. The molecule has 3 aromatic carbocycles. The molecule has 1 saturated heterocycles. The van der Waals surface area contributed by atoms with Gasteiger partial charge < -0.3 is 4.74 Å². The first kappa shape index (κ1) is 23.3. The Morgan fingerprint density at radius 3 is 2.08 bits per heavy atom. The van der Waals surface area contributed by atoms with E-state index in [1.165, 1.54) is 22.6 Å². The van der Waals surface area contributed by atoms with E-state index in [0.717, 1.165) is 12.8 Å². The summed E-state index contributed by atoms with van der Waals surface area (Å²) in [5, 5.41) is 0. The van der Waals surface area contributed by atoms with Gasteiger partial charge in [-0.1, -0.05) is 60.7 Å². The zero-order valence-corrected chi connectivity index (χ0v) is 20.4. The Morgan fingerprint density at radius 2 is 1.41 bits per heavy atom. The quantitative estimate of drug-likeness (QED) is 0.273. The molecule has 6 rings (SSSR count). The zero-order valence-electron chi connectivity index (χ0n) is 20.4. The number of esters is 1. The van der Waals surface area contributed by atoms with E-state index in [1.54, 1.807) is 43.3 Å². The Morgan fingerprint density at radius 1 is 0.784 bits per heavy atom. The molecule has 6 nitrogen and oxygen atoms in total. The van der Waals surface area contributed by atoms with E-state index >= 15 is 0 Å². The molecule has 2 saturated carbocycles. The second-order valence-corrected chi connectivity index (χ2v) is 10.3. The number of hydrogen-bond donors (Lipinski definition) is 0. The Kier molecular flexibility index (Phi) is 5.75. The van der Waals surface area contributed by atoms with Gasteiger partial charge in [0.1, 0.15) is 0 Å². The van der Waals surface area contributed by atoms with Gasteiger partial charge in [-0.25, -0.2) is 4.79 Å². The lowest BCUT2D eigenvalue weighted by Gasteiger charge is -2.28. The standard InChI is InChI=1S/C31H27NO5/c1-18(28(33)20-10-6-3-7-11-20)37-31(36)21-12-14-23(15-13-21)32-29(34)26-22-16-24(19-8-4-2-5-9-19)25(17-22)27(26)30(32)35/h2-15,18,22,24-27H,16-17H2,1H3/t18-,22-,24-,25-,26+,27+/m1/s1. The van der Waals surface area contributed by atoms with Crippen LogP contribution in [0, 0.1) is 23.7 Å². The highest BCUT2D eigenvalue weighted by molar-refractivity contribution is 6.22. The number of anilines is 1. The minimum Gasteiger partial charge on any atom is -0.451 e. The van der Waals surface area contributed by atoms with Gasteiger partial charge in [-0.3, -0.25) is 19.3 Å². The Labute approximate surface area is 215 Å². The van der Waals surface area contributed by atoms with Crippen molar-refractivity contribution >= 4 is 29.3 Å². The molecule has 2 bridgehead atoms. The number of ketones is 1. The van der Waals surface area contributed by atoms with Crippen molar-refractivity contribution in [3.8, 4) is 0 Å². The van der Waals surface area contributed by atoms with E-state index in [9.17, 15) is 19.2 Å². The number of ether oxygens (including phenoxy) is 1. The Bertz CT molecular complexity index is 1370. The maximum Gasteiger partial charge on any atom is 0.338 e. The number of fused-ring (bicyclic) bond motifs is 5. The highest BCUT2D eigenvalue weighted by Gasteiger charge is 2.64. The molecule has 1 heterocycles. The van der Waals surface area contributed by atoms with Gasteiger partial charge >= 0.3 is 5.97 Å². The maximum absolute atomic E-state index is 13.5. The van der Waals surface area contributed by atoms with Crippen molar-refractivity contribution in [1.29, 1.82) is 0 Å². The molecular weight excluding hydrogens is 466 g/mol. The van der Waals surface area contributed by atoms with Gasteiger partial charge in [-0.2, -0.15) is 0 Å². The predicted octanol–water partition coefficient (Wildman–Crippen LogP) is 5.04. The smallest absolute Gasteiger partial charge is 0.338 e. The van der Waals surface area contributed by atoms with Crippen LogP contribution in [-0.2, 0) is 14.3 Å². The van der Waals surface area contributed by atoms with Crippen LogP contribution in [-0.4, -0.2) is 29.7 Å². The van der Waals surface area contributed by atoms with Gasteiger partial charge in [0.15, 0.2) is 6.10 Å². The second kappa shape index (κ2) is 9.11. The average Bonchev–Trinajstić information content (AvgIpc) is 3.60. The number of carbonyl (C=O) groups excluding carboxylic acids is 4. The number of amides is 2. The van der Waals surface area contributed by atoms with Crippen molar-refractivity contribution in [2.24, 2.45) is 23.7 Å². The molecule has 3 aromatic rings. The highest BCUT2D eigenvalue weighted by Crippen LogP contribution is 2.61. The first-order chi connectivity index (χ1) is 17.9. The third-order valence-electron chi connectivity index (χ3n) is 8.32. The van der Waals surface area contributed by atoms with Gasteiger partial charge in [0.05, 0.1) is 23.1 Å². The molecule has 3 aliphatic rings. The normalized spacial score (nSPS) is 26.7. The fourth-order valence-electron chi connectivity index (χ4n) is 6.66. The van der Waals surface area contributed by atoms with Crippen LogP contribution < -0.4 is 4.90 Å². The van der Waals surface area contributed by atoms with Crippen LogP contribution in [0.2, 0.25) is 0 Å². The van der Waals surface area contributed by atoms with Crippen molar-refractivity contribution in [2.45, 2.75) is 31.8 Å². The zero-order chi connectivity index (χ0) is 25.7. The third-order valence-corrected chi connectivity index (χ3v) is 8.32. The Balaban J connectivity index is 1.16. The minimum atomic E-state index is -0.941. The van der Waals surface area contributed by atoms with E-state index in [4.69, 9.17) is 4.74 Å². The molecule has 2 amide bonds. The van der Waals surface area contributed by atoms with Gasteiger partial charge in [-0.05, 0) is 67.3 Å². The minimum absolute atomic E-state index is 0.133. The lowest BCUT2D eigenvalue weighted by molar-refractivity contribution is -0.123. The average molecular weight is 494 g/mol. The van der Waals surface area contributed by atoms with E-state index < -0.39 is 12.1 Å². The lowest BCUT2D eigenvalue weighted by Crippen LogP contribution is -2.33. The molecule has 37 heavy (non-hydrogen) atoms. The number of imide groups is 1. The first-order valence-electron chi connectivity index (χ1n) is 12.8. The van der Waals surface area contributed by atoms with Crippen LogP contribution in [0.15, 0.2) is 84.9 Å². The van der Waals surface area contributed by atoms with Gasteiger partial charge in [0.2, 0.25) is 17.6 Å². The molecule has 6 heteroatoms. The number of benzene rings is 3. The van der Waals surface area contributed by atoms with Crippen LogP contribution in [0.25, 0.3) is 0 Å². The summed E-state index contributed by atoms with van der Waals surface area (Å²) < 4.78 is 5.38. The largest absolute Gasteiger partial charge is 0.451 e. The summed E-state index contributed by atoms with van der Waals surface area (Å²) in [6, 6.07) is 25.2. The summed E-state index contributed by atoms with van der Waals surface area (Å²) in [4.78, 5) is 53.4. The van der Waals surface area contributed by atoms with E-state index in [1.807, 2.05) is 24.3 Å². The third kappa shape index (κ3) is 3.88. The van der Waals surface area contributed by atoms with Gasteiger partial charge in [0, 0.05) is 5.56 Å². The fraction of sp³-hybridized carbons (Fsp3) is 0.290. The van der Waals surface area contributed by atoms with Crippen LogP contribution in [0.5, 0.6) is 0 Å². The molecule has 0 radical (unpaired) electrons. The lowest BCUT2D eigenvalue weighted by atomic mass is 9.73. The molecule has 0 unspecified atom stereocenters. The summed E-state index contributed by atoms with van der Waals surface area (Å²) in [6.07, 6.45) is 0.918. The van der Waals surface area contributed by atoms with Crippen molar-refractivity contribution < 1.29 is 23.9 Å². The number of rotatable bonds is 6. The molecule has 6 atom stereocenters. The molecule has 0 aromatic heterocycles. The molecule has 2 aliphatic carbocycles. The van der Waals surface area contributed by atoms with Crippen LogP contribution in [0.3, 0.4) is 0 Å². The molecule has 0 N–H and O–H groups in total. The van der Waals surface area contributed by atoms with Crippen LogP contribution >= 0.6 is 0 Å². The number of hydrogen-bond acceptors (Lipinski definition) is 5. The molecular formula is C31H27NO5. The van der Waals surface area contributed by atoms with E-state index in [-0.39, 0.29) is 46.8 Å². The second-order valence-electron chi connectivity index (χ2n) is 10.3. The van der Waals surface area contributed by atoms with Crippen molar-refractivity contribution in [1.82, 2.24) is 0 Å². The SMILES string of the molecule is C[C@@H](OC(=O)c1ccc(N2C(=O)[C@H]3[C@H]4C[C@@H]([C@@H]3C2=O)[C@@H](c2ccccc2)C4)cc1)C(=O)c1ccccc1. The topological polar surface area (TPSA) is 80.8 Å². The summed E-state index contributed by atoms with van der Waals surface area (Å²) in [5.41, 5.74) is 2.43. The van der Waals surface area contributed by atoms with Gasteiger partial charge in [0.25, 0.3) is 0 Å². The van der Waals surface area contributed by atoms with Crippen molar-refractivity contribution in [3.63, 3.8) is 0 Å². The van der Waals surface area contributed by atoms with Crippen molar-refractivity contribution in [3.05, 3.63) is 102 Å². The summed E-state index contributed by atoms with van der Waals surface area (Å²) in [6.45, 7) is 1.54. The Hall–Kier alpha value is -4.06. The summed E-state index contributed by atoms with van der Waals surface area (Å²) in [5.74, 6) is -1.03. The fourth-order valence-corrected chi connectivity index (χ4v) is 6.66. The number of carbonyl (C=O) groups is 4. The highest BCUT2D eigenvalue weighted by atomic mass is 16.5. The van der Waals surface area contributed by atoms with Crippen LogP contribution in [0.4, 0.5) is 5.69 Å². The molecule has 186 valence electrons. The van der Waals surface area contributed by atoms with Crippen molar-refractivity contribution in [2.75, 3.05) is 4.90 Å². The molecule has 0 spiro atoms. The van der Waals surface area contributed by atoms with Gasteiger partial charge in [-0.15, -0.1) is 0 Å². The predicted molar refractivity (Wildman–Crippen MR) is 137 cm³/mol. The summed E-state index contributed by atoms with van der Waals surface area (Å²) >= 11 is 0. The maximum atomic E-state index is 13.5. The summed E-state index contributed by atoms with van der Waals surface area (Å²) in [7, 11) is 0. The number of Topliss-reactive ketones (excluding diaryl/α,β-unsaturated/α-hetero) is 1.